The highest BCUT2D eigenvalue weighted by molar-refractivity contribution is 5.99. The summed E-state index contributed by atoms with van der Waals surface area (Å²) in [6.45, 7) is 2.57. The quantitative estimate of drug-likeness (QED) is 0.901. The van der Waals surface area contributed by atoms with E-state index in [1.165, 1.54) is 43.2 Å². The summed E-state index contributed by atoms with van der Waals surface area (Å²) in [5.41, 5.74) is 2.43. The summed E-state index contributed by atoms with van der Waals surface area (Å²) in [6.07, 6.45) is 6.96. The van der Waals surface area contributed by atoms with Crippen molar-refractivity contribution in [1.82, 2.24) is 5.32 Å². The van der Waals surface area contributed by atoms with E-state index in [4.69, 9.17) is 4.74 Å². The van der Waals surface area contributed by atoms with Crippen molar-refractivity contribution >= 4 is 5.84 Å². The molecule has 3 heteroatoms. The van der Waals surface area contributed by atoms with E-state index in [0.717, 1.165) is 25.5 Å². The van der Waals surface area contributed by atoms with Crippen LogP contribution in [0.2, 0.25) is 0 Å². The highest BCUT2D eigenvalue weighted by atomic mass is 16.5. The summed E-state index contributed by atoms with van der Waals surface area (Å²) < 4.78 is 6.03. The molecule has 19 heavy (non-hydrogen) atoms. The molecular weight excluding hydrogens is 236 g/mol. The second kappa shape index (κ2) is 6.20. The van der Waals surface area contributed by atoms with Crippen LogP contribution in [0.15, 0.2) is 29.3 Å². The van der Waals surface area contributed by atoms with Gasteiger partial charge in [0.05, 0.1) is 19.3 Å². The Hall–Kier alpha value is -1.35. The molecule has 0 radical (unpaired) electrons. The predicted molar refractivity (Wildman–Crippen MR) is 77.5 cm³/mol. The molecule has 0 saturated heterocycles. The summed E-state index contributed by atoms with van der Waals surface area (Å²) in [6, 6.07) is 8.54. The van der Waals surface area contributed by atoms with Crippen molar-refractivity contribution in [3.05, 3.63) is 35.4 Å². The smallest absolute Gasteiger partial charge is 0.128 e. The summed E-state index contributed by atoms with van der Waals surface area (Å²) in [4.78, 5) is 4.46. The van der Waals surface area contributed by atoms with Gasteiger partial charge in [-0.15, -0.1) is 0 Å². The van der Waals surface area contributed by atoms with Gasteiger partial charge in [-0.1, -0.05) is 37.5 Å². The second-order valence-corrected chi connectivity index (χ2v) is 5.43. The van der Waals surface area contributed by atoms with E-state index in [2.05, 4.69) is 34.6 Å². The van der Waals surface area contributed by atoms with E-state index in [0.29, 0.717) is 6.10 Å². The Morgan fingerprint density at radius 2 is 2.11 bits per heavy atom. The highest BCUT2D eigenvalue weighted by Crippen LogP contribution is 2.21. The van der Waals surface area contributed by atoms with Crippen LogP contribution in [0.25, 0.3) is 0 Å². The molecule has 0 amide bonds. The molecule has 1 aliphatic heterocycles. The molecule has 1 aromatic carbocycles. The molecule has 0 bridgehead atoms. The molecular formula is C16H22N2O. The van der Waals surface area contributed by atoms with Crippen LogP contribution in [-0.2, 0) is 11.3 Å². The van der Waals surface area contributed by atoms with Crippen molar-refractivity contribution in [2.24, 2.45) is 4.99 Å². The van der Waals surface area contributed by atoms with Crippen molar-refractivity contribution in [3.63, 3.8) is 0 Å². The Bertz CT molecular complexity index is 450. The van der Waals surface area contributed by atoms with Crippen LogP contribution in [0.1, 0.15) is 43.2 Å². The third-order valence-corrected chi connectivity index (χ3v) is 3.91. The van der Waals surface area contributed by atoms with Crippen LogP contribution in [0, 0.1) is 0 Å². The van der Waals surface area contributed by atoms with Gasteiger partial charge in [0.2, 0.25) is 0 Å². The van der Waals surface area contributed by atoms with E-state index in [1.807, 2.05) is 0 Å². The predicted octanol–water partition coefficient (Wildman–Crippen LogP) is 2.89. The summed E-state index contributed by atoms with van der Waals surface area (Å²) in [5, 5.41) is 3.31. The average Bonchev–Trinajstić information content (AvgIpc) is 3.01. The molecule has 3 nitrogen and oxygen atoms in total. The van der Waals surface area contributed by atoms with E-state index in [9.17, 15) is 0 Å². The molecule has 2 aliphatic rings. The van der Waals surface area contributed by atoms with Gasteiger partial charge in [0.1, 0.15) is 5.84 Å². The monoisotopic (exact) mass is 258 g/mol. The lowest BCUT2D eigenvalue weighted by Crippen LogP contribution is -2.20. The van der Waals surface area contributed by atoms with Gasteiger partial charge in [0.15, 0.2) is 0 Å². The average molecular weight is 258 g/mol. The maximum Gasteiger partial charge on any atom is 0.128 e. The first-order valence-electron chi connectivity index (χ1n) is 7.41. The minimum absolute atomic E-state index is 0.472. The van der Waals surface area contributed by atoms with Crippen molar-refractivity contribution in [2.45, 2.75) is 44.8 Å². The molecule has 1 N–H and O–H groups in total. The van der Waals surface area contributed by atoms with Crippen LogP contribution in [0.3, 0.4) is 0 Å². The fourth-order valence-electron chi connectivity index (χ4n) is 2.85. The summed E-state index contributed by atoms with van der Waals surface area (Å²) in [7, 11) is 0. The number of aliphatic imine (C=N–C) groups is 1. The van der Waals surface area contributed by atoms with Gasteiger partial charge in [-0.05, 0) is 24.5 Å². The Kier molecular flexibility index (Phi) is 4.13. The molecule has 1 aromatic rings. The van der Waals surface area contributed by atoms with Crippen LogP contribution >= 0.6 is 0 Å². The normalized spacial score (nSPS) is 20.1. The molecule has 3 rings (SSSR count). The molecule has 0 atom stereocenters. The third-order valence-electron chi connectivity index (χ3n) is 3.91. The lowest BCUT2D eigenvalue weighted by molar-refractivity contribution is 0.0169. The highest BCUT2D eigenvalue weighted by Gasteiger charge is 2.14. The molecule has 0 aromatic heterocycles. The SMILES string of the molecule is c1cc(COC2CCCCC2)cc(C2=NCCN2)c1. The fourth-order valence-corrected chi connectivity index (χ4v) is 2.85. The molecule has 0 unspecified atom stereocenters. The van der Waals surface area contributed by atoms with Crippen LogP contribution in [0.5, 0.6) is 0 Å². The van der Waals surface area contributed by atoms with E-state index >= 15 is 0 Å². The topological polar surface area (TPSA) is 33.6 Å². The van der Waals surface area contributed by atoms with Gasteiger partial charge in [-0.2, -0.15) is 0 Å². The second-order valence-electron chi connectivity index (χ2n) is 5.43. The van der Waals surface area contributed by atoms with Gasteiger partial charge >= 0.3 is 0 Å². The Labute approximate surface area is 115 Å². The zero-order valence-electron chi connectivity index (χ0n) is 11.4. The minimum Gasteiger partial charge on any atom is -0.374 e. The van der Waals surface area contributed by atoms with E-state index < -0.39 is 0 Å². The number of amidine groups is 1. The summed E-state index contributed by atoms with van der Waals surface area (Å²) >= 11 is 0. The van der Waals surface area contributed by atoms with Crippen molar-refractivity contribution in [1.29, 1.82) is 0 Å². The van der Waals surface area contributed by atoms with Crippen LogP contribution in [0.4, 0.5) is 0 Å². The number of rotatable bonds is 4. The molecule has 0 spiro atoms. The van der Waals surface area contributed by atoms with Gasteiger partial charge in [-0.25, -0.2) is 0 Å². The van der Waals surface area contributed by atoms with Crippen molar-refractivity contribution < 1.29 is 4.74 Å². The van der Waals surface area contributed by atoms with Gasteiger partial charge in [0.25, 0.3) is 0 Å². The first-order valence-corrected chi connectivity index (χ1v) is 7.41. The Morgan fingerprint density at radius 3 is 2.89 bits per heavy atom. The lowest BCUT2D eigenvalue weighted by Gasteiger charge is -2.22. The Morgan fingerprint density at radius 1 is 1.21 bits per heavy atom. The van der Waals surface area contributed by atoms with Crippen LogP contribution in [-0.4, -0.2) is 25.0 Å². The van der Waals surface area contributed by atoms with Gasteiger partial charge in [0, 0.05) is 12.1 Å². The molecule has 1 fully saturated rings. The molecule has 1 saturated carbocycles. The lowest BCUT2D eigenvalue weighted by atomic mass is 9.98. The zero-order valence-corrected chi connectivity index (χ0v) is 11.4. The zero-order chi connectivity index (χ0) is 12.9. The molecule has 1 heterocycles. The number of hydrogen-bond acceptors (Lipinski definition) is 3. The number of benzene rings is 1. The van der Waals surface area contributed by atoms with Gasteiger partial charge in [-0.3, -0.25) is 4.99 Å². The van der Waals surface area contributed by atoms with E-state index in [1.54, 1.807) is 0 Å². The maximum absolute atomic E-state index is 6.03. The maximum atomic E-state index is 6.03. The fraction of sp³-hybridized carbons (Fsp3) is 0.562. The first kappa shape index (κ1) is 12.7. The van der Waals surface area contributed by atoms with Crippen molar-refractivity contribution in [2.75, 3.05) is 13.1 Å². The molecule has 102 valence electrons. The van der Waals surface area contributed by atoms with E-state index in [-0.39, 0.29) is 0 Å². The molecule has 1 aliphatic carbocycles. The van der Waals surface area contributed by atoms with Crippen molar-refractivity contribution in [3.8, 4) is 0 Å². The number of nitrogens with one attached hydrogen (secondary N) is 1. The standard InChI is InChI=1S/C16H22N2O/c1-2-7-15(8-3-1)19-12-13-5-4-6-14(11-13)16-17-9-10-18-16/h4-6,11,15H,1-3,7-10,12H2,(H,17,18). The third kappa shape index (κ3) is 3.35. The van der Waals surface area contributed by atoms with Gasteiger partial charge < -0.3 is 10.1 Å². The minimum atomic E-state index is 0.472. The number of nitrogens with zero attached hydrogens (tertiary/aromatic N) is 1. The number of hydrogen-bond donors (Lipinski definition) is 1. The summed E-state index contributed by atoms with van der Waals surface area (Å²) in [5.74, 6) is 1.03. The first-order chi connectivity index (χ1) is 9.42. The van der Waals surface area contributed by atoms with Crippen LogP contribution < -0.4 is 5.32 Å². The number of ether oxygens (including phenoxy) is 1. The Balaban J connectivity index is 1.59. The largest absolute Gasteiger partial charge is 0.374 e.